The largest absolute Gasteiger partial charge is 0.440 e. The van der Waals surface area contributed by atoms with Gasteiger partial charge in [-0.1, -0.05) is 18.5 Å². The Morgan fingerprint density at radius 1 is 1.44 bits per heavy atom. The Bertz CT molecular complexity index is 461. The van der Waals surface area contributed by atoms with E-state index in [0.29, 0.717) is 10.4 Å². The fraction of sp³-hybridized carbons (Fsp3) is 0.300. The summed E-state index contributed by atoms with van der Waals surface area (Å²) in [5, 5.41) is 1.76. The number of nitrogens with zero attached hydrogens (tertiary/aromatic N) is 3. The van der Waals surface area contributed by atoms with E-state index in [0.717, 1.165) is 23.7 Å². The average molecular weight is 256 g/mol. The number of oxazole rings is 1. The summed E-state index contributed by atoms with van der Waals surface area (Å²) in [7, 11) is 0. The van der Waals surface area contributed by atoms with Crippen LogP contribution in [0.4, 0.5) is 0 Å². The number of halogens is 1. The number of hydrogen-bond donors (Lipinski definition) is 0. The van der Waals surface area contributed by atoms with Gasteiger partial charge in [-0.25, -0.2) is 15.0 Å². The predicted octanol–water partition coefficient (Wildman–Crippen LogP) is 3.22. The maximum absolute atomic E-state index is 5.91. The molecule has 0 amide bonds. The molecule has 0 bridgehead atoms. The second kappa shape index (κ2) is 5.32. The Labute approximate surface area is 102 Å². The molecule has 0 aliphatic heterocycles. The van der Waals surface area contributed by atoms with Gasteiger partial charge in [0.2, 0.25) is 0 Å². The lowest BCUT2D eigenvalue weighted by Gasteiger charge is -2.01. The van der Waals surface area contributed by atoms with Gasteiger partial charge in [0.05, 0.1) is 6.20 Å². The van der Waals surface area contributed by atoms with Gasteiger partial charge in [-0.15, -0.1) is 0 Å². The van der Waals surface area contributed by atoms with E-state index in [9.17, 15) is 0 Å². The van der Waals surface area contributed by atoms with Gasteiger partial charge in [0.1, 0.15) is 22.3 Å². The standard InChI is InChI=1S/C10H10ClN3OS/c1-2-3-8-13-7(11)6-9(14-8)16-10-12-4-5-15-10/h4-6H,2-3H2,1H3. The Hall–Kier alpha value is -1.07. The van der Waals surface area contributed by atoms with Crippen molar-refractivity contribution in [1.82, 2.24) is 15.0 Å². The molecule has 4 nitrogen and oxygen atoms in total. The molecule has 0 radical (unpaired) electrons. The molecule has 0 N–H and O–H groups in total. The Balaban J connectivity index is 2.20. The predicted molar refractivity (Wildman–Crippen MR) is 61.7 cm³/mol. The molecular formula is C10H10ClN3OS. The van der Waals surface area contributed by atoms with Gasteiger partial charge in [-0.3, -0.25) is 0 Å². The van der Waals surface area contributed by atoms with E-state index >= 15 is 0 Å². The third kappa shape index (κ3) is 2.96. The first-order chi connectivity index (χ1) is 7.78. The van der Waals surface area contributed by atoms with Crippen LogP contribution in [-0.2, 0) is 6.42 Å². The van der Waals surface area contributed by atoms with E-state index in [-0.39, 0.29) is 0 Å². The second-order valence-corrected chi connectivity index (χ2v) is 4.45. The lowest BCUT2D eigenvalue weighted by Crippen LogP contribution is -1.96. The molecule has 0 aliphatic carbocycles. The summed E-state index contributed by atoms with van der Waals surface area (Å²) >= 11 is 7.25. The van der Waals surface area contributed by atoms with E-state index in [4.69, 9.17) is 16.0 Å². The van der Waals surface area contributed by atoms with Crippen molar-refractivity contribution in [3.63, 3.8) is 0 Å². The first kappa shape index (κ1) is 11.4. The summed E-state index contributed by atoms with van der Waals surface area (Å²) in [6.45, 7) is 2.07. The van der Waals surface area contributed by atoms with Crippen molar-refractivity contribution < 1.29 is 4.42 Å². The molecular weight excluding hydrogens is 246 g/mol. The lowest BCUT2D eigenvalue weighted by molar-refractivity contribution is 0.454. The molecule has 0 saturated heterocycles. The van der Waals surface area contributed by atoms with Crippen molar-refractivity contribution in [1.29, 1.82) is 0 Å². The zero-order valence-corrected chi connectivity index (χ0v) is 10.3. The van der Waals surface area contributed by atoms with Gasteiger partial charge in [0.25, 0.3) is 5.22 Å². The van der Waals surface area contributed by atoms with Crippen molar-refractivity contribution >= 4 is 23.4 Å². The van der Waals surface area contributed by atoms with E-state index in [1.807, 2.05) is 0 Å². The molecule has 0 aromatic carbocycles. The van der Waals surface area contributed by atoms with Crippen LogP contribution in [0, 0.1) is 0 Å². The van der Waals surface area contributed by atoms with Crippen molar-refractivity contribution in [2.24, 2.45) is 0 Å². The van der Waals surface area contributed by atoms with Gasteiger partial charge >= 0.3 is 0 Å². The summed E-state index contributed by atoms with van der Waals surface area (Å²) in [5.41, 5.74) is 0. The summed E-state index contributed by atoms with van der Waals surface area (Å²) in [6.07, 6.45) is 4.93. The molecule has 0 fully saturated rings. The summed E-state index contributed by atoms with van der Waals surface area (Å²) in [4.78, 5) is 12.5. The molecule has 0 saturated carbocycles. The zero-order valence-electron chi connectivity index (χ0n) is 8.68. The van der Waals surface area contributed by atoms with Crippen LogP contribution in [-0.4, -0.2) is 15.0 Å². The molecule has 2 heterocycles. The third-order valence-electron chi connectivity index (χ3n) is 1.79. The van der Waals surface area contributed by atoms with Crippen molar-refractivity contribution in [3.05, 3.63) is 29.5 Å². The van der Waals surface area contributed by atoms with E-state index in [2.05, 4.69) is 21.9 Å². The van der Waals surface area contributed by atoms with Gasteiger partial charge in [0.15, 0.2) is 0 Å². The zero-order chi connectivity index (χ0) is 11.4. The number of rotatable bonds is 4. The van der Waals surface area contributed by atoms with Crippen LogP contribution in [0.1, 0.15) is 19.2 Å². The average Bonchev–Trinajstić information content (AvgIpc) is 2.70. The Morgan fingerprint density at radius 3 is 3.00 bits per heavy atom. The minimum Gasteiger partial charge on any atom is -0.440 e. The van der Waals surface area contributed by atoms with Gasteiger partial charge in [-0.2, -0.15) is 0 Å². The SMILES string of the molecule is CCCc1nc(Cl)cc(Sc2ncco2)n1. The maximum Gasteiger partial charge on any atom is 0.261 e. The molecule has 2 rings (SSSR count). The fourth-order valence-corrected chi connectivity index (χ4v) is 2.16. The van der Waals surface area contributed by atoms with Gasteiger partial charge in [-0.05, 0) is 18.2 Å². The van der Waals surface area contributed by atoms with Crippen LogP contribution >= 0.6 is 23.4 Å². The molecule has 0 unspecified atom stereocenters. The van der Waals surface area contributed by atoms with Crippen LogP contribution < -0.4 is 0 Å². The highest BCUT2D eigenvalue weighted by Gasteiger charge is 2.07. The summed E-state index contributed by atoms with van der Waals surface area (Å²) in [6, 6.07) is 1.70. The van der Waals surface area contributed by atoms with Crippen LogP contribution in [0.3, 0.4) is 0 Å². The van der Waals surface area contributed by atoms with Gasteiger partial charge < -0.3 is 4.42 Å². The fourth-order valence-electron chi connectivity index (χ4n) is 1.18. The molecule has 0 atom stereocenters. The maximum atomic E-state index is 5.91. The minimum absolute atomic E-state index is 0.451. The molecule has 0 aliphatic rings. The highest BCUT2D eigenvalue weighted by Crippen LogP contribution is 2.25. The molecule has 2 aromatic heterocycles. The van der Waals surface area contributed by atoms with E-state index < -0.39 is 0 Å². The molecule has 6 heteroatoms. The molecule has 0 spiro atoms. The van der Waals surface area contributed by atoms with E-state index in [1.165, 1.54) is 18.0 Å². The topological polar surface area (TPSA) is 51.8 Å². The minimum atomic E-state index is 0.451. The van der Waals surface area contributed by atoms with Crippen molar-refractivity contribution in [3.8, 4) is 0 Å². The number of aryl methyl sites for hydroxylation is 1. The summed E-state index contributed by atoms with van der Waals surface area (Å²) < 4.78 is 5.13. The molecule has 84 valence electrons. The first-order valence-corrected chi connectivity index (χ1v) is 6.08. The third-order valence-corrected chi connectivity index (χ3v) is 2.78. The normalized spacial score (nSPS) is 10.6. The number of aromatic nitrogens is 3. The van der Waals surface area contributed by atoms with Crippen LogP contribution in [0.2, 0.25) is 5.15 Å². The van der Waals surface area contributed by atoms with Crippen molar-refractivity contribution in [2.45, 2.75) is 30.0 Å². The molecule has 2 aromatic rings. The Kier molecular flexibility index (Phi) is 3.79. The quantitative estimate of drug-likeness (QED) is 0.785. The van der Waals surface area contributed by atoms with Crippen LogP contribution in [0.5, 0.6) is 0 Å². The molecule has 16 heavy (non-hydrogen) atoms. The van der Waals surface area contributed by atoms with Crippen LogP contribution in [0.15, 0.2) is 33.2 Å². The lowest BCUT2D eigenvalue weighted by atomic mass is 10.3. The highest BCUT2D eigenvalue weighted by atomic mass is 35.5. The smallest absolute Gasteiger partial charge is 0.261 e. The second-order valence-electron chi connectivity index (χ2n) is 3.10. The van der Waals surface area contributed by atoms with E-state index in [1.54, 1.807) is 12.3 Å². The number of hydrogen-bond acceptors (Lipinski definition) is 5. The monoisotopic (exact) mass is 255 g/mol. The summed E-state index contributed by atoms with van der Waals surface area (Å²) in [5.74, 6) is 0.754. The first-order valence-electron chi connectivity index (χ1n) is 4.88. The van der Waals surface area contributed by atoms with Gasteiger partial charge in [0, 0.05) is 12.5 Å². The Morgan fingerprint density at radius 2 is 2.31 bits per heavy atom. The van der Waals surface area contributed by atoms with Crippen LogP contribution in [0.25, 0.3) is 0 Å². The van der Waals surface area contributed by atoms with Crippen molar-refractivity contribution in [2.75, 3.05) is 0 Å². The highest BCUT2D eigenvalue weighted by molar-refractivity contribution is 7.99.